The Balaban J connectivity index is 1.86. The molecule has 1 N–H and O–H groups in total. The summed E-state index contributed by atoms with van der Waals surface area (Å²) in [7, 11) is -4.22. The third kappa shape index (κ3) is 3.67. The first-order valence-electron chi connectivity index (χ1n) is 7.80. The Morgan fingerprint density at radius 1 is 1.16 bits per heavy atom. The number of hydrogen-bond donors (Lipinski definition) is 1. The van der Waals surface area contributed by atoms with Crippen molar-refractivity contribution in [2.45, 2.75) is 36.8 Å². The van der Waals surface area contributed by atoms with Crippen LogP contribution < -0.4 is 4.72 Å². The summed E-state index contributed by atoms with van der Waals surface area (Å²) in [6.45, 7) is 0. The van der Waals surface area contributed by atoms with Crippen molar-refractivity contribution in [3.05, 3.63) is 29.6 Å². The Hall–Kier alpha value is -1.61. The van der Waals surface area contributed by atoms with E-state index in [4.69, 9.17) is 0 Å². The van der Waals surface area contributed by atoms with Crippen molar-refractivity contribution >= 4 is 37.4 Å². The first-order chi connectivity index (χ1) is 11.7. The van der Waals surface area contributed by atoms with Gasteiger partial charge in [-0.05, 0) is 18.9 Å². The number of alkyl halides is 3. The van der Waals surface area contributed by atoms with Gasteiger partial charge in [-0.3, -0.25) is 4.79 Å². The molecule has 0 saturated heterocycles. The predicted octanol–water partition coefficient (Wildman–Crippen LogP) is 4.07. The Morgan fingerprint density at radius 3 is 2.56 bits per heavy atom. The van der Waals surface area contributed by atoms with E-state index in [1.165, 1.54) is 16.7 Å². The minimum Gasteiger partial charge on any atom is -0.274 e. The first-order valence-corrected chi connectivity index (χ1v) is 10.2. The zero-order valence-corrected chi connectivity index (χ0v) is 14.7. The lowest BCUT2D eigenvalue weighted by Crippen LogP contribution is -2.44. The maximum absolute atomic E-state index is 13.1. The van der Waals surface area contributed by atoms with Crippen LogP contribution >= 0.6 is 11.3 Å². The molecule has 3 rings (SSSR count). The number of sulfonamides is 1. The summed E-state index contributed by atoms with van der Waals surface area (Å²) < 4.78 is 67.0. The van der Waals surface area contributed by atoms with Gasteiger partial charge >= 0.3 is 6.18 Å². The molecule has 1 aliphatic rings. The van der Waals surface area contributed by atoms with Gasteiger partial charge in [-0.25, -0.2) is 13.1 Å². The van der Waals surface area contributed by atoms with Gasteiger partial charge in [-0.2, -0.15) is 13.2 Å². The highest BCUT2D eigenvalue weighted by Gasteiger charge is 2.48. The van der Waals surface area contributed by atoms with Crippen LogP contribution in [0.25, 0.3) is 10.1 Å². The number of benzene rings is 1. The lowest BCUT2D eigenvalue weighted by molar-refractivity contribution is -0.197. The van der Waals surface area contributed by atoms with E-state index >= 15 is 0 Å². The second-order valence-electron chi connectivity index (χ2n) is 6.10. The third-order valence-electron chi connectivity index (χ3n) is 4.49. The SMILES string of the molecule is O=C(NS(=O)(=O)c1csc2ccccc12)[C@@H]1CCCC[C@H]1C(F)(F)F. The van der Waals surface area contributed by atoms with Crippen molar-refractivity contribution in [1.29, 1.82) is 0 Å². The fraction of sp³-hybridized carbons (Fsp3) is 0.438. The van der Waals surface area contributed by atoms with Crippen LogP contribution in [0, 0.1) is 11.8 Å². The number of amides is 1. The average Bonchev–Trinajstić information content (AvgIpc) is 2.98. The van der Waals surface area contributed by atoms with Gasteiger partial charge in [0.1, 0.15) is 4.90 Å². The fourth-order valence-corrected chi connectivity index (χ4v) is 5.79. The summed E-state index contributed by atoms with van der Waals surface area (Å²) >= 11 is 1.20. The molecular weight excluding hydrogens is 375 g/mol. The second-order valence-corrected chi connectivity index (χ2v) is 8.67. The molecule has 2 aromatic rings. The van der Waals surface area contributed by atoms with Gasteiger partial charge in [-0.15, -0.1) is 11.3 Å². The number of thiophene rings is 1. The molecule has 1 aliphatic carbocycles. The van der Waals surface area contributed by atoms with Gasteiger partial charge in [0.2, 0.25) is 5.91 Å². The van der Waals surface area contributed by atoms with Crippen molar-refractivity contribution in [1.82, 2.24) is 4.72 Å². The minimum absolute atomic E-state index is 0.0376. The van der Waals surface area contributed by atoms with Crippen molar-refractivity contribution in [2.24, 2.45) is 11.8 Å². The van der Waals surface area contributed by atoms with Gasteiger partial charge < -0.3 is 0 Å². The van der Waals surface area contributed by atoms with Crippen molar-refractivity contribution in [3.63, 3.8) is 0 Å². The lowest BCUT2D eigenvalue weighted by Gasteiger charge is -2.31. The van der Waals surface area contributed by atoms with Crippen molar-refractivity contribution < 1.29 is 26.4 Å². The van der Waals surface area contributed by atoms with Crippen LogP contribution in [0.3, 0.4) is 0 Å². The van der Waals surface area contributed by atoms with E-state index in [0.717, 1.165) is 4.70 Å². The average molecular weight is 391 g/mol. The Morgan fingerprint density at radius 2 is 1.84 bits per heavy atom. The van der Waals surface area contributed by atoms with Gasteiger partial charge in [-0.1, -0.05) is 31.0 Å². The molecule has 1 fully saturated rings. The second kappa shape index (κ2) is 6.60. The molecule has 136 valence electrons. The van der Waals surface area contributed by atoms with Crippen LogP contribution in [0.4, 0.5) is 13.2 Å². The highest BCUT2D eigenvalue weighted by Crippen LogP contribution is 2.41. The summed E-state index contributed by atoms with van der Waals surface area (Å²) in [4.78, 5) is 12.2. The molecule has 0 bridgehead atoms. The number of nitrogens with one attached hydrogen (secondary N) is 1. The number of halogens is 3. The zero-order valence-electron chi connectivity index (χ0n) is 13.0. The Labute approximate surface area is 147 Å². The predicted molar refractivity (Wildman–Crippen MR) is 88.7 cm³/mol. The molecule has 0 aliphatic heterocycles. The van der Waals surface area contributed by atoms with E-state index in [1.807, 2.05) is 4.72 Å². The third-order valence-corrected chi connectivity index (χ3v) is 6.99. The zero-order chi connectivity index (χ0) is 18.2. The maximum atomic E-state index is 13.1. The molecule has 4 nitrogen and oxygen atoms in total. The van der Waals surface area contributed by atoms with E-state index in [1.54, 1.807) is 24.3 Å². The first kappa shape index (κ1) is 18.2. The van der Waals surface area contributed by atoms with Crippen LogP contribution in [0.5, 0.6) is 0 Å². The molecule has 2 atom stereocenters. The van der Waals surface area contributed by atoms with E-state index < -0.39 is 33.9 Å². The Bertz CT molecular complexity index is 889. The number of carbonyl (C=O) groups is 1. The van der Waals surface area contributed by atoms with Crippen LogP contribution in [0.2, 0.25) is 0 Å². The number of carbonyl (C=O) groups excluding carboxylic acids is 1. The normalized spacial score (nSPS) is 22.0. The minimum atomic E-state index is -4.51. The van der Waals surface area contributed by atoms with Crippen LogP contribution in [0.1, 0.15) is 25.7 Å². The van der Waals surface area contributed by atoms with Crippen LogP contribution in [-0.2, 0) is 14.8 Å². The van der Waals surface area contributed by atoms with E-state index in [9.17, 15) is 26.4 Å². The molecular formula is C16H16F3NO3S2. The smallest absolute Gasteiger partial charge is 0.274 e. The number of hydrogen-bond acceptors (Lipinski definition) is 4. The maximum Gasteiger partial charge on any atom is 0.392 e. The van der Waals surface area contributed by atoms with Crippen LogP contribution in [-0.4, -0.2) is 20.5 Å². The number of fused-ring (bicyclic) bond motifs is 1. The van der Waals surface area contributed by atoms with E-state index in [2.05, 4.69) is 0 Å². The molecule has 1 saturated carbocycles. The highest BCUT2D eigenvalue weighted by atomic mass is 32.2. The van der Waals surface area contributed by atoms with Gasteiger partial charge in [0.15, 0.2) is 0 Å². The van der Waals surface area contributed by atoms with Gasteiger partial charge in [0, 0.05) is 15.5 Å². The molecule has 1 aromatic carbocycles. The van der Waals surface area contributed by atoms with E-state index in [0.29, 0.717) is 18.2 Å². The lowest BCUT2D eigenvalue weighted by atomic mass is 9.78. The molecule has 0 unspecified atom stereocenters. The summed E-state index contributed by atoms with van der Waals surface area (Å²) in [5, 5.41) is 1.84. The summed E-state index contributed by atoms with van der Waals surface area (Å²) in [6, 6.07) is 6.76. The monoisotopic (exact) mass is 391 g/mol. The molecule has 0 spiro atoms. The summed E-state index contributed by atoms with van der Waals surface area (Å²) in [5.74, 6) is -4.23. The summed E-state index contributed by atoms with van der Waals surface area (Å²) in [6.07, 6.45) is -3.76. The summed E-state index contributed by atoms with van der Waals surface area (Å²) in [5.41, 5.74) is 0. The standard InChI is InChI=1S/C16H16F3NO3S2/c17-16(18,19)12-7-3-1-5-10(12)15(21)20-25(22,23)14-9-24-13-8-4-2-6-11(13)14/h2,4,6,8-10,12H,1,3,5,7H2,(H,20,21)/t10-,12-/m1/s1. The van der Waals surface area contributed by atoms with E-state index in [-0.39, 0.29) is 17.7 Å². The molecule has 25 heavy (non-hydrogen) atoms. The van der Waals surface area contributed by atoms with Gasteiger partial charge in [0.05, 0.1) is 11.8 Å². The molecule has 1 heterocycles. The highest BCUT2D eigenvalue weighted by molar-refractivity contribution is 7.90. The fourth-order valence-electron chi connectivity index (χ4n) is 3.26. The largest absolute Gasteiger partial charge is 0.392 e. The molecule has 1 amide bonds. The quantitative estimate of drug-likeness (QED) is 0.858. The van der Waals surface area contributed by atoms with Crippen LogP contribution in [0.15, 0.2) is 34.5 Å². The molecule has 9 heteroatoms. The van der Waals surface area contributed by atoms with Crippen molar-refractivity contribution in [3.8, 4) is 0 Å². The Kier molecular flexibility index (Phi) is 4.80. The topological polar surface area (TPSA) is 63.2 Å². The van der Waals surface area contributed by atoms with Gasteiger partial charge in [0.25, 0.3) is 10.0 Å². The molecule has 0 radical (unpaired) electrons. The molecule has 1 aromatic heterocycles. The number of rotatable bonds is 3. The van der Waals surface area contributed by atoms with Crippen molar-refractivity contribution in [2.75, 3.05) is 0 Å².